The molecule has 3 saturated heterocycles. The number of rotatable bonds is 5. The zero-order valence-corrected chi connectivity index (χ0v) is 19.9. The van der Waals surface area contributed by atoms with Crippen LogP contribution in [0.1, 0.15) is 6.92 Å². The van der Waals surface area contributed by atoms with Gasteiger partial charge in [0.2, 0.25) is 17.7 Å². The fourth-order valence-electron chi connectivity index (χ4n) is 6.33. The van der Waals surface area contributed by atoms with E-state index in [9.17, 15) is 19.5 Å². The Bertz CT molecular complexity index is 917. The topological polar surface area (TPSA) is 103 Å². The highest BCUT2D eigenvalue weighted by atomic mass is 16.5. The van der Waals surface area contributed by atoms with Crippen molar-refractivity contribution in [3.8, 4) is 0 Å². The van der Waals surface area contributed by atoms with E-state index < -0.39 is 29.1 Å². The lowest BCUT2D eigenvalue weighted by molar-refractivity contribution is -0.152. The zero-order chi connectivity index (χ0) is 24.1. The summed E-state index contributed by atoms with van der Waals surface area (Å²) in [5.41, 5.74) is -2.26. The molecule has 1 spiro atoms. The lowest BCUT2D eigenvalue weighted by Gasteiger charge is -2.37. The van der Waals surface area contributed by atoms with Crippen molar-refractivity contribution in [3.05, 3.63) is 24.3 Å². The van der Waals surface area contributed by atoms with E-state index in [0.717, 1.165) is 13.1 Å². The van der Waals surface area contributed by atoms with Crippen molar-refractivity contribution < 1.29 is 29.0 Å². The third kappa shape index (κ3) is 3.50. The number of amides is 3. The number of carbonyl (C=O) groups is 3. The van der Waals surface area contributed by atoms with E-state index in [1.54, 1.807) is 16.8 Å². The predicted molar refractivity (Wildman–Crippen MR) is 122 cm³/mol. The lowest BCUT2D eigenvalue weighted by Crippen LogP contribution is -2.57. The molecule has 5 atom stereocenters. The van der Waals surface area contributed by atoms with Gasteiger partial charge in [-0.1, -0.05) is 24.3 Å². The number of morpholine rings is 1. The average molecular weight is 475 g/mol. The molecule has 1 unspecified atom stereocenters. The van der Waals surface area contributed by atoms with E-state index in [2.05, 4.69) is 4.90 Å². The highest BCUT2D eigenvalue weighted by Gasteiger charge is 2.74. The first-order valence-electron chi connectivity index (χ1n) is 12.1. The Kier molecular flexibility index (Phi) is 6.04. The van der Waals surface area contributed by atoms with Gasteiger partial charge in [-0.3, -0.25) is 19.3 Å². The average Bonchev–Trinajstić information content (AvgIpc) is 3.09. The standard InChI is InChI=1S/C24H34N4O6/c1-23-5-3-7-25(2)20(30)17(23)18-21(31)28(11-14-29)19-22(32)27(8-4-6-24(18,19)34-23)10-9-26-12-15-33-16-13-26/h3-6,17-19,29H,7-16H2,1-2H3/t17-,18-,19?,23+,24-/m0/s1. The third-order valence-electron chi connectivity index (χ3n) is 7.97. The van der Waals surface area contributed by atoms with Gasteiger partial charge in [0, 0.05) is 52.9 Å². The maximum absolute atomic E-state index is 14.0. The molecule has 1 N–H and O–H groups in total. The largest absolute Gasteiger partial charge is 0.395 e. The number of ether oxygens (including phenoxy) is 2. The maximum Gasteiger partial charge on any atom is 0.249 e. The second kappa shape index (κ2) is 8.75. The normalized spacial score (nSPS) is 38.1. The molecule has 0 saturated carbocycles. The van der Waals surface area contributed by atoms with E-state index in [1.165, 1.54) is 4.90 Å². The Balaban J connectivity index is 1.50. The summed E-state index contributed by atoms with van der Waals surface area (Å²) in [4.78, 5) is 48.2. The fourth-order valence-corrected chi connectivity index (χ4v) is 6.33. The van der Waals surface area contributed by atoms with Gasteiger partial charge in [-0.2, -0.15) is 0 Å². The van der Waals surface area contributed by atoms with Gasteiger partial charge < -0.3 is 29.3 Å². The molecule has 0 aromatic rings. The molecule has 0 aromatic carbocycles. The molecular formula is C24H34N4O6. The second-order valence-electron chi connectivity index (χ2n) is 10.0. The van der Waals surface area contributed by atoms with Crippen molar-refractivity contribution in [1.29, 1.82) is 0 Å². The number of nitrogens with zero attached hydrogens (tertiary/aromatic N) is 4. The molecule has 5 heterocycles. The van der Waals surface area contributed by atoms with Crippen LogP contribution in [0, 0.1) is 11.8 Å². The highest BCUT2D eigenvalue weighted by molar-refractivity contribution is 6.00. The maximum atomic E-state index is 14.0. The number of hydrogen-bond acceptors (Lipinski definition) is 7. The number of aliphatic hydroxyl groups is 1. The monoisotopic (exact) mass is 474 g/mol. The van der Waals surface area contributed by atoms with E-state index in [-0.39, 0.29) is 30.9 Å². The summed E-state index contributed by atoms with van der Waals surface area (Å²) in [5, 5.41) is 9.73. The predicted octanol–water partition coefficient (Wildman–Crippen LogP) is -1.29. The molecule has 5 aliphatic heterocycles. The molecule has 3 amide bonds. The number of fused-ring (bicyclic) bond motifs is 2. The number of likely N-dealkylation sites (tertiary alicyclic amines) is 1. The van der Waals surface area contributed by atoms with Gasteiger partial charge in [0.15, 0.2) is 0 Å². The van der Waals surface area contributed by atoms with Crippen LogP contribution in [0.2, 0.25) is 0 Å². The molecule has 10 heteroatoms. The summed E-state index contributed by atoms with van der Waals surface area (Å²) < 4.78 is 12.1. The smallest absolute Gasteiger partial charge is 0.249 e. The van der Waals surface area contributed by atoms with Crippen LogP contribution in [0.4, 0.5) is 0 Å². The van der Waals surface area contributed by atoms with Gasteiger partial charge in [0.1, 0.15) is 11.6 Å². The molecule has 3 fully saturated rings. The van der Waals surface area contributed by atoms with Crippen LogP contribution in [0.3, 0.4) is 0 Å². The first kappa shape index (κ1) is 23.5. The summed E-state index contributed by atoms with van der Waals surface area (Å²) >= 11 is 0. The quantitative estimate of drug-likeness (QED) is 0.495. The third-order valence-corrected chi connectivity index (χ3v) is 7.97. The first-order chi connectivity index (χ1) is 16.3. The van der Waals surface area contributed by atoms with Crippen LogP contribution in [-0.2, 0) is 23.9 Å². The van der Waals surface area contributed by atoms with Gasteiger partial charge in [-0.05, 0) is 6.92 Å². The van der Waals surface area contributed by atoms with E-state index in [1.807, 2.05) is 31.2 Å². The molecule has 10 nitrogen and oxygen atoms in total. The Hall–Kier alpha value is -2.27. The summed E-state index contributed by atoms with van der Waals surface area (Å²) in [6.07, 6.45) is 7.49. The zero-order valence-electron chi connectivity index (χ0n) is 19.9. The van der Waals surface area contributed by atoms with Crippen molar-refractivity contribution >= 4 is 17.7 Å². The minimum Gasteiger partial charge on any atom is -0.395 e. The molecule has 0 aliphatic carbocycles. The minimum absolute atomic E-state index is 0.0191. The van der Waals surface area contributed by atoms with E-state index in [0.29, 0.717) is 39.4 Å². The van der Waals surface area contributed by atoms with Crippen molar-refractivity contribution in [2.24, 2.45) is 11.8 Å². The van der Waals surface area contributed by atoms with E-state index >= 15 is 0 Å². The molecule has 0 radical (unpaired) electrons. The summed E-state index contributed by atoms with van der Waals surface area (Å²) in [6, 6.07) is -0.921. The Morgan fingerprint density at radius 2 is 1.71 bits per heavy atom. The van der Waals surface area contributed by atoms with Crippen LogP contribution in [0.25, 0.3) is 0 Å². The molecule has 5 rings (SSSR count). The lowest BCUT2D eigenvalue weighted by atomic mass is 9.74. The van der Waals surface area contributed by atoms with Crippen LogP contribution < -0.4 is 0 Å². The Morgan fingerprint density at radius 3 is 2.44 bits per heavy atom. The molecule has 0 bridgehead atoms. The number of carbonyl (C=O) groups excluding carboxylic acids is 3. The molecular weight excluding hydrogens is 440 g/mol. The van der Waals surface area contributed by atoms with Gasteiger partial charge in [-0.25, -0.2) is 0 Å². The van der Waals surface area contributed by atoms with Crippen LogP contribution in [-0.4, -0.2) is 132 Å². The number of likely N-dealkylation sites (N-methyl/N-ethyl adjacent to an activating group) is 1. The van der Waals surface area contributed by atoms with E-state index in [4.69, 9.17) is 9.47 Å². The number of hydrogen-bond donors (Lipinski definition) is 1. The molecule has 0 aromatic heterocycles. The molecule has 34 heavy (non-hydrogen) atoms. The number of β-amino-alcohol motifs (C(OH)–C–C–N with tert-alkyl or cyclic N) is 1. The second-order valence-corrected chi connectivity index (χ2v) is 10.0. The first-order valence-corrected chi connectivity index (χ1v) is 12.1. The van der Waals surface area contributed by atoms with Gasteiger partial charge in [-0.15, -0.1) is 0 Å². The SMILES string of the molecule is CN1CC=C[C@@]2(C)O[C@]34C=CCN(CCN5CCOCC5)C(=O)C3N(CCO)C(=O)[C@@H]4[C@H]2C1=O. The fraction of sp³-hybridized carbons (Fsp3) is 0.708. The minimum atomic E-state index is -1.26. The van der Waals surface area contributed by atoms with Crippen LogP contribution in [0.15, 0.2) is 24.3 Å². The van der Waals surface area contributed by atoms with Gasteiger partial charge in [0.25, 0.3) is 0 Å². The van der Waals surface area contributed by atoms with Crippen molar-refractivity contribution in [2.45, 2.75) is 24.2 Å². The van der Waals surface area contributed by atoms with Crippen molar-refractivity contribution in [1.82, 2.24) is 19.6 Å². The van der Waals surface area contributed by atoms with Crippen LogP contribution in [0.5, 0.6) is 0 Å². The van der Waals surface area contributed by atoms with Crippen molar-refractivity contribution in [3.63, 3.8) is 0 Å². The van der Waals surface area contributed by atoms with Crippen LogP contribution >= 0.6 is 0 Å². The molecule has 5 aliphatic rings. The molecule has 186 valence electrons. The van der Waals surface area contributed by atoms with Gasteiger partial charge in [0.05, 0.1) is 37.3 Å². The van der Waals surface area contributed by atoms with Crippen molar-refractivity contribution in [2.75, 3.05) is 72.7 Å². The highest BCUT2D eigenvalue weighted by Crippen LogP contribution is 2.57. The summed E-state index contributed by atoms with van der Waals surface area (Å²) in [5.74, 6) is -2.25. The number of aliphatic hydroxyl groups excluding tert-OH is 1. The summed E-state index contributed by atoms with van der Waals surface area (Å²) in [7, 11) is 1.72. The Morgan fingerprint density at radius 1 is 0.971 bits per heavy atom. The van der Waals surface area contributed by atoms with Gasteiger partial charge >= 0.3 is 0 Å². The Labute approximate surface area is 199 Å². The summed E-state index contributed by atoms with van der Waals surface area (Å²) in [6.45, 7) is 6.68.